The van der Waals surface area contributed by atoms with Gasteiger partial charge < -0.3 is 25.8 Å². The predicted molar refractivity (Wildman–Crippen MR) is 69.5 cm³/mol. The van der Waals surface area contributed by atoms with Crippen molar-refractivity contribution in [1.82, 2.24) is 10.4 Å². The van der Waals surface area contributed by atoms with Gasteiger partial charge in [-0.25, -0.2) is 9.38 Å². The molecule has 115 valence electrons. The second kappa shape index (κ2) is 4.67. The molecule has 0 amide bonds. The Kier molecular flexibility index (Phi) is 3.17. The van der Waals surface area contributed by atoms with Crippen LogP contribution < -0.4 is 11.2 Å². The quantitative estimate of drug-likeness (QED) is 0.409. The number of fused-ring (bicyclic) bond motifs is 1. The number of allylic oxidation sites excluding steroid dienone is 1. The largest absolute Gasteiger partial charge is 0.394 e. The predicted octanol–water partition coefficient (Wildman–Crippen LogP) is -1.77. The van der Waals surface area contributed by atoms with E-state index in [1.165, 1.54) is 18.3 Å². The van der Waals surface area contributed by atoms with Gasteiger partial charge >= 0.3 is 0 Å². The molecule has 1 saturated heterocycles. The number of hydrogen-bond acceptors (Lipinski definition) is 8. The zero-order chi connectivity index (χ0) is 15.4. The molecule has 0 aliphatic carbocycles. The molecule has 1 fully saturated rings. The van der Waals surface area contributed by atoms with Crippen LogP contribution in [0.25, 0.3) is 0 Å². The Bertz CT molecular complexity index is 547. The van der Waals surface area contributed by atoms with E-state index in [1.807, 2.05) is 0 Å². The number of nitrogens with one attached hydrogen (secondary N) is 1. The lowest BCUT2D eigenvalue weighted by molar-refractivity contribution is -0.0671. The highest BCUT2D eigenvalue weighted by Crippen LogP contribution is 2.45. The van der Waals surface area contributed by atoms with Crippen molar-refractivity contribution in [3.05, 3.63) is 29.5 Å². The lowest BCUT2D eigenvalue weighted by Gasteiger charge is -2.36. The molecule has 3 aliphatic heterocycles. The number of aliphatic hydroxyl groups excluding tert-OH is 2. The molecule has 3 rings (SSSR count). The van der Waals surface area contributed by atoms with E-state index in [2.05, 4.69) is 10.4 Å². The van der Waals surface area contributed by atoms with E-state index in [0.29, 0.717) is 0 Å². The molecule has 3 heterocycles. The van der Waals surface area contributed by atoms with Crippen LogP contribution >= 0.6 is 0 Å². The van der Waals surface area contributed by atoms with Crippen molar-refractivity contribution in [3.8, 4) is 0 Å². The molecule has 8 nitrogen and oxygen atoms in total. The minimum atomic E-state index is -1.77. The fourth-order valence-corrected chi connectivity index (χ4v) is 2.69. The zero-order valence-electron chi connectivity index (χ0n) is 11.2. The maximum atomic E-state index is 14.3. The van der Waals surface area contributed by atoms with Crippen molar-refractivity contribution >= 4 is 6.34 Å². The number of nitrogens with zero attached hydrogens (tertiary/aromatic N) is 2. The van der Waals surface area contributed by atoms with E-state index >= 15 is 0 Å². The van der Waals surface area contributed by atoms with E-state index in [4.69, 9.17) is 10.5 Å². The first kappa shape index (κ1) is 14.3. The van der Waals surface area contributed by atoms with Crippen LogP contribution in [0.4, 0.5) is 4.39 Å². The highest BCUT2D eigenvalue weighted by Gasteiger charge is 2.59. The van der Waals surface area contributed by atoms with E-state index in [-0.39, 0.29) is 17.6 Å². The van der Waals surface area contributed by atoms with Gasteiger partial charge in [0.25, 0.3) is 0 Å². The first-order chi connectivity index (χ1) is 9.87. The van der Waals surface area contributed by atoms with Crippen molar-refractivity contribution in [2.24, 2.45) is 10.7 Å². The summed E-state index contributed by atoms with van der Waals surface area (Å²) in [5.41, 5.74) is 6.88. The van der Waals surface area contributed by atoms with Crippen molar-refractivity contribution < 1.29 is 24.4 Å². The first-order valence-corrected chi connectivity index (χ1v) is 6.37. The number of hydrogen-bond donors (Lipinski definition) is 5. The minimum Gasteiger partial charge on any atom is -0.394 e. The third-order valence-corrected chi connectivity index (χ3v) is 3.86. The van der Waals surface area contributed by atoms with Crippen molar-refractivity contribution in [2.45, 2.75) is 30.8 Å². The van der Waals surface area contributed by atoms with Crippen molar-refractivity contribution in [3.63, 3.8) is 0 Å². The molecule has 0 saturated carbocycles. The molecule has 1 radical (unpaired) electrons. The first-order valence-electron chi connectivity index (χ1n) is 6.37. The van der Waals surface area contributed by atoms with Crippen LogP contribution in [0.1, 0.15) is 6.92 Å². The van der Waals surface area contributed by atoms with Crippen molar-refractivity contribution in [2.75, 3.05) is 6.61 Å². The summed E-state index contributed by atoms with van der Waals surface area (Å²) >= 11 is 0. The number of aliphatic hydroxyl groups is 3. The molecule has 9 heteroatoms. The lowest BCUT2D eigenvalue weighted by atomic mass is 9.88. The second-order valence-corrected chi connectivity index (χ2v) is 5.28. The third kappa shape index (κ3) is 1.93. The average molecular weight is 299 g/mol. The molecule has 21 heavy (non-hydrogen) atoms. The van der Waals surface area contributed by atoms with E-state index in [1.54, 1.807) is 0 Å². The number of ether oxygens (including phenoxy) is 1. The number of aliphatic imine (C=N–C) groups is 1. The third-order valence-electron chi connectivity index (χ3n) is 3.86. The van der Waals surface area contributed by atoms with E-state index in [9.17, 15) is 19.7 Å². The summed E-state index contributed by atoms with van der Waals surface area (Å²) in [6.45, 7) is 0.827. The number of nitrogens with two attached hydrogens (primary N) is 1. The molecule has 0 aromatic heterocycles. The monoisotopic (exact) mass is 299 g/mol. The molecule has 6 N–H and O–H groups in total. The topological polar surface area (TPSA) is 124 Å². The van der Waals surface area contributed by atoms with Gasteiger partial charge in [0.2, 0.25) is 0 Å². The summed E-state index contributed by atoms with van der Waals surface area (Å²) in [5.74, 6) is -0.558. The second-order valence-electron chi connectivity index (χ2n) is 5.28. The van der Waals surface area contributed by atoms with Gasteiger partial charge in [-0.15, -0.1) is 0 Å². The molecule has 0 aromatic carbocycles. The Hall–Kier alpha value is -1.68. The normalized spacial score (nSPS) is 39.6. The Labute approximate surface area is 120 Å². The zero-order valence-corrected chi connectivity index (χ0v) is 11.2. The molecule has 0 aromatic rings. The van der Waals surface area contributed by atoms with Crippen LogP contribution in [0.3, 0.4) is 0 Å². The fourth-order valence-electron chi connectivity index (χ4n) is 2.69. The molecule has 4 atom stereocenters. The van der Waals surface area contributed by atoms with Gasteiger partial charge in [0.1, 0.15) is 41.8 Å². The minimum absolute atomic E-state index is 0.0286. The highest BCUT2D eigenvalue weighted by atomic mass is 19.1. The van der Waals surface area contributed by atoms with Gasteiger partial charge in [0, 0.05) is 6.08 Å². The van der Waals surface area contributed by atoms with Gasteiger partial charge in [-0.05, 0) is 6.92 Å². The molecular weight excluding hydrogens is 283 g/mol. The smallest absolute Gasteiger partial charge is 0.175 e. The summed E-state index contributed by atoms with van der Waals surface area (Å²) in [6, 6.07) is -0.0286. The molecule has 3 aliphatic rings. The maximum absolute atomic E-state index is 14.3. The summed E-state index contributed by atoms with van der Waals surface area (Å²) in [6.07, 6.45) is -1.10. The molecule has 0 spiro atoms. The summed E-state index contributed by atoms with van der Waals surface area (Å²) < 4.78 is 19.7. The van der Waals surface area contributed by atoms with Gasteiger partial charge in [-0.1, -0.05) is 0 Å². The van der Waals surface area contributed by atoms with Crippen LogP contribution in [0.5, 0.6) is 0 Å². The number of halogens is 1. The summed E-state index contributed by atoms with van der Waals surface area (Å²) in [5, 5.41) is 30.9. The molecule has 0 unspecified atom stereocenters. The standard InChI is InChI=1S/C12H16FN4O4/c1-12(20)9(19)7(3-18)21-10(12)8-5(13)2-6-11(14)15-4-16-17(6)8/h2,4,7,9-10,18-20H,3,14H2,1H3,(H,15,16)/t7-,9-,10+,12-/m1/s1. The van der Waals surface area contributed by atoms with E-state index < -0.39 is 36.3 Å². The summed E-state index contributed by atoms with van der Waals surface area (Å²) in [7, 11) is 0. The molecule has 0 bridgehead atoms. The summed E-state index contributed by atoms with van der Waals surface area (Å²) in [4.78, 5) is 3.81. The van der Waals surface area contributed by atoms with Gasteiger partial charge in [0.15, 0.2) is 11.9 Å². The van der Waals surface area contributed by atoms with Crippen LogP contribution in [0, 0.1) is 6.04 Å². The fraction of sp³-hybridized carbons (Fsp3) is 0.500. The highest BCUT2D eigenvalue weighted by molar-refractivity contribution is 5.61. The number of hydrazine groups is 1. The maximum Gasteiger partial charge on any atom is 0.175 e. The van der Waals surface area contributed by atoms with Crippen LogP contribution in [-0.2, 0) is 4.74 Å². The Morgan fingerprint density at radius 2 is 2.33 bits per heavy atom. The van der Waals surface area contributed by atoms with Crippen LogP contribution in [0.15, 0.2) is 28.4 Å². The average Bonchev–Trinajstić information content (AvgIpc) is 2.87. The van der Waals surface area contributed by atoms with Gasteiger partial charge in [-0.2, -0.15) is 0 Å². The Balaban J connectivity index is 1.95. The van der Waals surface area contributed by atoms with Crippen LogP contribution in [-0.4, -0.2) is 57.2 Å². The Morgan fingerprint density at radius 3 is 2.95 bits per heavy atom. The SMILES string of the molecule is C[C@@]1(O)[C@H](O)[C@@H](CO)O[C@H]1[C]1C(F)=CC2=C(N)N=CNN12. The number of rotatable bonds is 2. The van der Waals surface area contributed by atoms with Gasteiger partial charge in [0.05, 0.1) is 6.61 Å². The molecular formula is C12H16FN4O4. The lowest BCUT2D eigenvalue weighted by Crippen LogP contribution is -2.53. The Morgan fingerprint density at radius 1 is 1.62 bits per heavy atom. The van der Waals surface area contributed by atoms with Crippen LogP contribution in [0.2, 0.25) is 0 Å². The van der Waals surface area contributed by atoms with Crippen molar-refractivity contribution in [1.29, 1.82) is 0 Å². The van der Waals surface area contributed by atoms with Gasteiger partial charge in [-0.3, -0.25) is 10.4 Å². The van der Waals surface area contributed by atoms with E-state index in [0.717, 1.165) is 6.08 Å².